The molecular weight excluding hydrogens is 227 g/mol. The fraction of sp³-hybridized carbons (Fsp3) is 0.600. The predicted molar refractivity (Wildman–Crippen MR) is 76.7 cm³/mol. The summed E-state index contributed by atoms with van der Waals surface area (Å²) in [5, 5.41) is 9.58. The summed E-state index contributed by atoms with van der Waals surface area (Å²) in [4.78, 5) is 0. The molecule has 95 valence electrons. The smallest absolute Gasteiger partial charge is 0.118 e. The quantitative estimate of drug-likeness (QED) is 0.474. The Balaban J connectivity index is 0.00000256. The van der Waals surface area contributed by atoms with Crippen LogP contribution >= 0.6 is 9.90 Å². The first-order valence-corrected chi connectivity index (χ1v) is 6.61. The molecule has 0 aliphatic rings. The van der Waals surface area contributed by atoms with Gasteiger partial charge in [0, 0.05) is 9.90 Å². The summed E-state index contributed by atoms with van der Waals surface area (Å²) >= 11 is 0. The highest BCUT2D eigenvalue weighted by atomic mass is 31.0. The second kappa shape index (κ2) is 10.6. The molecule has 1 N–H and O–H groups in total. The molecule has 1 rings (SSSR count). The van der Waals surface area contributed by atoms with Crippen LogP contribution in [0, 0.1) is 0 Å². The fourth-order valence-electron chi connectivity index (χ4n) is 1.99. The van der Waals surface area contributed by atoms with E-state index < -0.39 is 0 Å². The van der Waals surface area contributed by atoms with Gasteiger partial charge in [-0.25, -0.2) is 0 Å². The van der Waals surface area contributed by atoms with Gasteiger partial charge in [-0.2, -0.15) is 0 Å². The molecule has 17 heavy (non-hydrogen) atoms. The van der Waals surface area contributed by atoms with Gasteiger partial charge < -0.3 is 5.11 Å². The molecule has 1 nitrogen and oxygen atoms in total. The molecular formula is C15H24OP. The lowest BCUT2D eigenvalue weighted by Gasteiger charge is -2.04. The highest BCUT2D eigenvalue weighted by molar-refractivity contribution is 6.92. The molecule has 0 heterocycles. The Morgan fingerprint density at radius 3 is 2.12 bits per heavy atom. The topological polar surface area (TPSA) is 20.2 Å². The monoisotopic (exact) mass is 251 g/mol. The highest BCUT2D eigenvalue weighted by Gasteiger charge is 1.98. The van der Waals surface area contributed by atoms with E-state index in [1.165, 1.54) is 44.9 Å². The minimum absolute atomic E-state index is 0. The standard InChI is InChI=1S/C15H24O.P/c1-2-3-4-5-6-7-8-11-14-12-9-10-13-15(14)16;/h9-10,12-13,16H,2-8,11H2,1H3;. The number of para-hydroxylation sites is 1. The van der Waals surface area contributed by atoms with E-state index in [4.69, 9.17) is 0 Å². The second-order valence-corrected chi connectivity index (χ2v) is 4.50. The van der Waals surface area contributed by atoms with E-state index in [1.54, 1.807) is 6.07 Å². The van der Waals surface area contributed by atoms with Gasteiger partial charge in [0.25, 0.3) is 0 Å². The van der Waals surface area contributed by atoms with Gasteiger partial charge in [0.15, 0.2) is 0 Å². The van der Waals surface area contributed by atoms with Gasteiger partial charge >= 0.3 is 0 Å². The number of phenols is 1. The number of aryl methyl sites for hydroxylation is 1. The summed E-state index contributed by atoms with van der Waals surface area (Å²) in [6.07, 6.45) is 10.3. The SMILES string of the molecule is CCCCCCCCCc1ccccc1O.[P]. The molecule has 3 radical (unpaired) electrons. The van der Waals surface area contributed by atoms with Gasteiger partial charge in [0.05, 0.1) is 0 Å². The van der Waals surface area contributed by atoms with Crippen LogP contribution in [0.3, 0.4) is 0 Å². The lowest BCUT2D eigenvalue weighted by molar-refractivity contribution is 0.466. The first-order chi connectivity index (χ1) is 7.84. The van der Waals surface area contributed by atoms with Gasteiger partial charge in [-0.05, 0) is 24.5 Å². The van der Waals surface area contributed by atoms with Crippen molar-refractivity contribution < 1.29 is 5.11 Å². The first-order valence-electron chi connectivity index (χ1n) is 6.61. The average molecular weight is 251 g/mol. The third kappa shape index (κ3) is 7.39. The van der Waals surface area contributed by atoms with Crippen LogP contribution in [0.4, 0.5) is 0 Å². The van der Waals surface area contributed by atoms with Crippen LogP contribution in [-0.4, -0.2) is 5.11 Å². The van der Waals surface area contributed by atoms with Crippen LogP contribution in [0.1, 0.15) is 57.4 Å². The Bertz CT molecular complexity index is 286. The van der Waals surface area contributed by atoms with Crippen molar-refractivity contribution in [3.05, 3.63) is 29.8 Å². The molecule has 0 spiro atoms. The number of aromatic hydroxyl groups is 1. The largest absolute Gasteiger partial charge is 0.508 e. The second-order valence-electron chi connectivity index (χ2n) is 4.50. The van der Waals surface area contributed by atoms with Crippen LogP contribution in [0.15, 0.2) is 24.3 Å². The number of unbranched alkanes of at least 4 members (excludes halogenated alkanes) is 6. The lowest BCUT2D eigenvalue weighted by atomic mass is 10.0. The summed E-state index contributed by atoms with van der Waals surface area (Å²) in [6.45, 7) is 2.25. The lowest BCUT2D eigenvalue weighted by Crippen LogP contribution is -1.87. The Morgan fingerprint density at radius 1 is 0.882 bits per heavy atom. The van der Waals surface area contributed by atoms with Crippen molar-refractivity contribution in [2.45, 2.75) is 58.3 Å². The Morgan fingerprint density at radius 2 is 1.47 bits per heavy atom. The third-order valence-electron chi connectivity index (χ3n) is 3.04. The van der Waals surface area contributed by atoms with Gasteiger partial charge in [-0.15, -0.1) is 0 Å². The van der Waals surface area contributed by atoms with Gasteiger partial charge in [0.2, 0.25) is 0 Å². The summed E-state index contributed by atoms with van der Waals surface area (Å²) in [7, 11) is 0. The summed E-state index contributed by atoms with van der Waals surface area (Å²) in [5.41, 5.74) is 1.09. The molecule has 1 aromatic carbocycles. The molecule has 1 aromatic rings. The van der Waals surface area contributed by atoms with E-state index in [1.807, 2.05) is 18.2 Å². The van der Waals surface area contributed by atoms with E-state index >= 15 is 0 Å². The highest BCUT2D eigenvalue weighted by Crippen LogP contribution is 2.18. The first kappa shape index (κ1) is 16.4. The van der Waals surface area contributed by atoms with Gasteiger partial charge in [-0.1, -0.05) is 63.6 Å². The summed E-state index contributed by atoms with van der Waals surface area (Å²) < 4.78 is 0. The molecule has 0 aliphatic heterocycles. The maximum atomic E-state index is 9.58. The van der Waals surface area contributed by atoms with Crippen molar-refractivity contribution in [3.63, 3.8) is 0 Å². The summed E-state index contributed by atoms with van der Waals surface area (Å²) in [5.74, 6) is 0.452. The normalized spacial score (nSPS) is 9.94. The molecule has 0 saturated carbocycles. The Labute approximate surface area is 109 Å². The Kier molecular flexibility index (Phi) is 10.3. The van der Waals surface area contributed by atoms with Crippen LogP contribution in [0.5, 0.6) is 5.75 Å². The predicted octanol–water partition coefficient (Wildman–Crippen LogP) is 5.55. The summed E-state index contributed by atoms with van der Waals surface area (Å²) in [6, 6.07) is 7.67. The van der Waals surface area contributed by atoms with Crippen LogP contribution in [0.25, 0.3) is 0 Å². The van der Waals surface area contributed by atoms with Crippen molar-refractivity contribution >= 4 is 9.90 Å². The minimum Gasteiger partial charge on any atom is -0.508 e. The molecule has 2 heteroatoms. The molecule has 0 bridgehead atoms. The molecule has 0 aliphatic carbocycles. The fourth-order valence-corrected chi connectivity index (χ4v) is 1.99. The number of benzene rings is 1. The van der Waals surface area contributed by atoms with Gasteiger partial charge in [-0.3, -0.25) is 0 Å². The molecule has 0 fully saturated rings. The average Bonchev–Trinajstić information content (AvgIpc) is 2.30. The van der Waals surface area contributed by atoms with Crippen molar-refractivity contribution in [1.82, 2.24) is 0 Å². The van der Waals surface area contributed by atoms with Crippen molar-refractivity contribution in [2.24, 2.45) is 0 Å². The van der Waals surface area contributed by atoms with E-state index in [0.29, 0.717) is 5.75 Å². The molecule has 0 atom stereocenters. The molecule has 0 unspecified atom stereocenters. The van der Waals surface area contributed by atoms with E-state index in [2.05, 4.69) is 6.92 Å². The molecule has 0 saturated heterocycles. The zero-order chi connectivity index (χ0) is 11.6. The number of hydrogen-bond donors (Lipinski definition) is 1. The minimum atomic E-state index is 0. The van der Waals surface area contributed by atoms with Crippen molar-refractivity contribution in [1.29, 1.82) is 0 Å². The molecule has 0 amide bonds. The number of hydrogen-bond acceptors (Lipinski definition) is 1. The van der Waals surface area contributed by atoms with Crippen molar-refractivity contribution in [3.8, 4) is 5.75 Å². The van der Waals surface area contributed by atoms with Crippen LogP contribution in [-0.2, 0) is 6.42 Å². The maximum absolute atomic E-state index is 9.58. The van der Waals surface area contributed by atoms with Gasteiger partial charge in [0.1, 0.15) is 5.75 Å². The van der Waals surface area contributed by atoms with Crippen LogP contribution in [0.2, 0.25) is 0 Å². The number of phenolic OH excluding ortho intramolecular Hbond substituents is 1. The zero-order valence-electron chi connectivity index (χ0n) is 10.9. The van der Waals surface area contributed by atoms with E-state index in [9.17, 15) is 5.11 Å². The molecule has 0 aromatic heterocycles. The third-order valence-corrected chi connectivity index (χ3v) is 3.04. The number of rotatable bonds is 8. The zero-order valence-corrected chi connectivity index (χ0v) is 11.8. The Hall–Kier alpha value is -0.550. The van der Waals surface area contributed by atoms with E-state index in [0.717, 1.165) is 12.0 Å². The van der Waals surface area contributed by atoms with Crippen LogP contribution < -0.4 is 0 Å². The maximum Gasteiger partial charge on any atom is 0.118 e. The van der Waals surface area contributed by atoms with Crippen molar-refractivity contribution in [2.75, 3.05) is 0 Å². The van der Waals surface area contributed by atoms with E-state index in [-0.39, 0.29) is 9.90 Å².